The van der Waals surface area contributed by atoms with E-state index in [2.05, 4.69) is 10.1 Å². The van der Waals surface area contributed by atoms with Crippen LogP contribution in [0.5, 0.6) is 5.75 Å². The number of ether oxygens (including phenoxy) is 1. The molecule has 0 aliphatic heterocycles. The van der Waals surface area contributed by atoms with Crippen molar-refractivity contribution in [2.24, 2.45) is 0 Å². The van der Waals surface area contributed by atoms with Crippen molar-refractivity contribution >= 4 is 40.3 Å². The van der Waals surface area contributed by atoms with E-state index in [9.17, 15) is 18.9 Å². The zero-order chi connectivity index (χ0) is 19.3. The fraction of sp³-hybridized carbons (Fsp3) is 0.188. The first kappa shape index (κ1) is 19.8. The quantitative estimate of drug-likeness (QED) is 0.430. The van der Waals surface area contributed by atoms with Crippen LogP contribution in [0.2, 0.25) is 5.02 Å². The van der Waals surface area contributed by atoms with Gasteiger partial charge < -0.3 is 15.0 Å². The minimum absolute atomic E-state index is 0.0653. The first-order chi connectivity index (χ1) is 12.3. The molecule has 10 heteroatoms. The molecule has 0 bridgehead atoms. The number of halogens is 3. The summed E-state index contributed by atoms with van der Waals surface area (Å²) < 4.78 is 28.6. The molecule has 138 valence electrons. The van der Waals surface area contributed by atoms with Gasteiger partial charge in [-0.15, -0.1) is 0 Å². The molecular weight excluding hydrogens is 388 g/mol. The van der Waals surface area contributed by atoms with Crippen molar-refractivity contribution in [1.82, 2.24) is 4.90 Å². The van der Waals surface area contributed by atoms with Crippen molar-refractivity contribution in [3.05, 3.63) is 63.2 Å². The normalized spacial score (nSPS) is 10.5. The summed E-state index contributed by atoms with van der Waals surface area (Å²) >= 11 is 11.3. The monoisotopic (exact) mass is 401 g/mol. The number of hydrogen-bond donors (Lipinski definition) is 1. The van der Waals surface area contributed by atoms with Crippen LogP contribution in [0.1, 0.15) is 5.56 Å². The lowest BCUT2D eigenvalue weighted by molar-refractivity contribution is -0.384. The lowest BCUT2D eigenvalue weighted by Gasteiger charge is -2.21. The number of nitro benzene ring substituents is 1. The molecule has 0 fully saturated rings. The van der Waals surface area contributed by atoms with E-state index in [0.29, 0.717) is 22.4 Å². The minimum Gasteiger partial charge on any atom is -0.435 e. The van der Waals surface area contributed by atoms with Gasteiger partial charge in [0.15, 0.2) is 5.11 Å². The Bertz CT molecular complexity index is 806. The molecule has 0 radical (unpaired) electrons. The summed E-state index contributed by atoms with van der Waals surface area (Å²) in [5.74, 6) is 0.0653. The van der Waals surface area contributed by atoms with Crippen LogP contribution in [0.15, 0.2) is 42.5 Å². The van der Waals surface area contributed by atoms with E-state index in [1.165, 1.54) is 30.3 Å². The molecule has 2 aromatic rings. The SMILES string of the molecule is CN(Cc1ccc(OC(F)F)cc1)C(=S)Nc1cc([N+](=O)[O-])ccc1Cl. The van der Waals surface area contributed by atoms with E-state index in [-0.39, 0.29) is 11.4 Å². The third-order valence-corrected chi connectivity index (χ3v) is 4.06. The number of alkyl halides is 2. The van der Waals surface area contributed by atoms with E-state index in [1.54, 1.807) is 24.1 Å². The average Bonchev–Trinajstić information content (AvgIpc) is 2.57. The van der Waals surface area contributed by atoms with Crippen LogP contribution in [-0.2, 0) is 6.54 Å². The minimum atomic E-state index is -2.88. The number of thiocarbonyl (C=S) groups is 1. The average molecular weight is 402 g/mol. The molecule has 0 aromatic heterocycles. The summed E-state index contributed by atoms with van der Waals surface area (Å²) in [6, 6.07) is 10.1. The molecule has 0 unspecified atom stereocenters. The number of hydrogen-bond acceptors (Lipinski definition) is 4. The van der Waals surface area contributed by atoms with Gasteiger partial charge in [0, 0.05) is 25.7 Å². The molecule has 1 N–H and O–H groups in total. The Balaban J connectivity index is 2.01. The van der Waals surface area contributed by atoms with Crippen molar-refractivity contribution < 1.29 is 18.4 Å². The second-order valence-electron chi connectivity index (χ2n) is 5.23. The number of non-ortho nitro benzene ring substituents is 1. The second kappa shape index (κ2) is 8.72. The number of anilines is 1. The molecule has 2 aromatic carbocycles. The zero-order valence-electron chi connectivity index (χ0n) is 13.5. The van der Waals surface area contributed by atoms with Gasteiger partial charge in [-0.2, -0.15) is 8.78 Å². The predicted molar refractivity (Wildman–Crippen MR) is 98.9 cm³/mol. The Kier molecular flexibility index (Phi) is 6.64. The van der Waals surface area contributed by atoms with E-state index in [0.717, 1.165) is 5.56 Å². The third kappa shape index (κ3) is 5.50. The van der Waals surface area contributed by atoms with E-state index >= 15 is 0 Å². The highest BCUT2D eigenvalue weighted by Gasteiger charge is 2.13. The number of nitro groups is 1. The number of nitrogens with zero attached hydrogens (tertiary/aromatic N) is 2. The Morgan fingerprint density at radius 1 is 1.35 bits per heavy atom. The highest BCUT2D eigenvalue weighted by atomic mass is 35.5. The van der Waals surface area contributed by atoms with Crippen LogP contribution in [0.3, 0.4) is 0 Å². The summed E-state index contributed by atoms with van der Waals surface area (Å²) in [5.41, 5.74) is 1.01. The molecule has 0 saturated carbocycles. The van der Waals surface area contributed by atoms with Gasteiger partial charge in [-0.1, -0.05) is 23.7 Å². The predicted octanol–water partition coefficient (Wildman–Crippen LogP) is 4.68. The molecule has 0 saturated heterocycles. The highest BCUT2D eigenvalue weighted by molar-refractivity contribution is 7.80. The van der Waals surface area contributed by atoms with Crippen LogP contribution in [-0.4, -0.2) is 28.6 Å². The van der Waals surface area contributed by atoms with Crippen molar-refractivity contribution in [3.8, 4) is 5.75 Å². The topological polar surface area (TPSA) is 67.6 Å². The Morgan fingerprint density at radius 3 is 2.58 bits per heavy atom. The van der Waals surface area contributed by atoms with E-state index in [4.69, 9.17) is 23.8 Å². The molecular formula is C16H14ClF2N3O3S. The van der Waals surface area contributed by atoms with Crippen molar-refractivity contribution in [2.75, 3.05) is 12.4 Å². The number of rotatable bonds is 6. The van der Waals surface area contributed by atoms with Crippen LogP contribution in [0.4, 0.5) is 20.2 Å². The van der Waals surface area contributed by atoms with Gasteiger partial charge in [-0.25, -0.2) is 0 Å². The van der Waals surface area contributed by atoms with Crippen LogP contribution < -0.4 is 10.1 Å². The summed E-state index contributed by atoms with van der Waals surface area (Å²) in [4.78, 5) is 12.0. The maximum absolute atomic E-state index is 12.1. The molecule has 0 atom stereocenters. The molecule has 6 nitrogen and oxygen atoms in total. The van der Waals surface area contributed by atoms with Gasteiger partial charge in [0.05, 0.1) is 15.6 Å². The Morgan fingerprint density at radius 2 is 2.00 bits per heavy atom. The van der Waals surface area contributed by atoms with Gasteiger partial charge in [-0.05, 0) is 36.0 Å². The lowest BCUT2D eigenvalue weighted by Crippen LogP contribution is -2.30. The summed E-state index contributed by atoms with van der Waals surface area (Å²) in [5, 5.41) is 14.3. The molecule has 0 amide bonds. The van der Waals surface area contributed by atoms with Gasteiger partial charge in [0.2, 0.25) is 0 Å². The highest BCUT2D eigenvalue weighted by Crippen LogP contribution is 2.27. The Labute approximate surface area is 158 Å². The maximum atomic E-state index is 12.1. The lowest BCUT2D eigenvalue weighted by atomic mass is 10.2. The first-order valence-electron chi connectivity index (χ1n) is 7.26. The van der Waals surface area contributed by atoms with E-state index in [1.807, 2.05) is 0 Å². The standard InChI is InChI=1S/C16H14ClF2N3O3S/c1-21(9-10-2-5-12(6-3-10)25-15(18)19)16(26)20-14-8-11(22(23)24)4-7-13(14)17/h2-8,15H,9H2,1H3,(H,20,26). The molecule has 0 spiro atoms. The van der Waals surface area contributed by atoms with Crippen molar-refractivity contribution in [2.45, 2.75) is 13.2 Å². The number of benzene rings is 2. The summed E-state index contributed by atoms with van der Waals surface area (Å²) in [6.07, 6.45) is 0. The van der Waals surface area contributed by atoms with E-state index < -0.39 is 11.5 Å². The molecule has 2 rings (SSSR count). The largest absolute Gasteiger partial charge is 0.435 e. The van der Waals surface area contributed by atoms with Crippen LogP contribution in [0.25, 0.3) is 0 Å². The van der Waals surface area contributed by atoms with Gasteiger partial charge in [-0.3, -0.25) is 10.1 Å². The maximum Gasteiger partial charge on any atom is 0.387 e. The van der Waals surface area contributed by atoms with Crippen LogP contribution in [0, 0.1) is 10.1 Å². The van der Waals surface area contributed by atoms with Crippen molar-refractivity contribution in [1.29, 1.82) is 0 Å². The van der Waals surface area contributed by atoms with Gasteiger partial charge in [0.25, 0.3) is 5.69 Å². The fourth-order valence-electron chi connectivity index (χ4n) is 2.06. The van der Waals surface area contributed by atoms with Gasteiger partial charge >= 0.3 is 6.61 Å². The Hall–Kier alpha value is -2.52. The smallest absolute Gasteiger partial charge is 0.387 e. The second-order valence-corrected chi connectivity index (χ2v) is 6.02. The first-order valence-corrected chi connectivity index (χ1v) is 8.04. The number of nitrogens with one attached hydrogen (secondary N) is 1. The molecule has 0 aliphatic rings. The fourth-order valence-corrected chi connectivity index (χ4v) is 2.39. The zero-order valence-corrected chi connectivity index (χ0v) is 15.1. The third-order valence-electron chi connectivity index (χ3n) is 3.32. The molecule has 0 heterocycles. The summed E-state index contributed by atoms with van der Waals surface area (Å²) in [7, 11) is 1.71. The van der Waals surface area contributed by atoms with Gasteiger partial charge in [0.1, 0.15) is 5.75 Å². The van der Waals surface area contributed by atoms with Crippen molar-refractivity contribution in [3.63, 3.8) is 0 Å². The molecule has 26 heavy (non-hydrogen) atoms. The molecule has 0 aliphatic carbocycles. The summed E-state index contributed by atoms with van der Waals surface area (Å²) in [6.45, 7) is -2.49. The van der Waals surface area contributed by atoms with Crippen LogP contribution >= 0.6 is 23.8 Å².